The number of nitrogens with one attached hydrogen (secondary N) is 2. The Labute approximate surface area is 96.8 Å². The molecule has 0 aromatic carbocycles. The van der Waals surface area contributed by atoms with Crippen molar-refractivity contribution >= 4 is 17.7 Å². The van der Waals surface area contributed by atoms with Crippen molar-refractivity contribution in [1.82, 2.24) is 10.6 Å². The van der Waals surface area contributed by atoms with Crippen LogP contribution in [0.2, 0.25) is 0 Å². The summed E-state index contributed by atoms with van der Waals surface area (Å²) >= 11 is 1.70. The van der Waals surface area contributed by atoms with Gasteiger partial charge in [-0.15, -0.1) is 11.8 Å². The Kier molecular flexibility index (Phi) is 4.93. The monoisotopic (exact) mass is 230 g/mol. The second-order valence-electron chi connectivity index (χ2n) is 5.01. The fraction of sp³-hybridized carbons (Fsp3) is 0.909. The first-order chi connectivity index (χ1) is 6.97. The lowest BCUT2D eigenvalue weighted by Gasteiger charge is -2.24. The minimum atomic E-state index is 0.169. The van der Waals surface area contributed by atoms with Crippen LogP contribution in [-0.2, 0) is 4.79 Å². The molecule has 0 saturated carbocycles. The average molecular weight is 230 g/mol. The van der Waals surface area contributed by atoms with Gasteiger partial charge in [0.25, 0.3) is 0 Å². The molecule has 0 aromatic heterocycles. The minimum Gasteiger partial charge on any atom is -0.351 e. The molecular formula is C11H22N2OS. The predicted molar refractivity (Wildman–Crippen MR) is 66.2 cm³/mol. The van der Waals surface area contributed by atoms with Crippen molar-refractivity contribution in [2.45, 2.75) is 44.4 Å². The maximum Gasteiger partial charge on any atom is 0.230 e. The Bertz CT molecular complexity index is 207. The molecule has 3 nitrogen and oxygen atoms in total. The number of thioether (sulfide) groups is 1. The third-order valence-electron chi connectivity index (χ3n) is 2.30. The molecule has 1 fully saturated rings. The largest absolute Gasteiger partial charge is 0.351 e. The first kappa shape index (κ1) is 12.8. The van der Waals surface area contributed by atoms with Gasteiger partial charge in [0.15, 0.2) is 0 Å². The van der Waals surface area contributed by atoms with Gasteiger partial charge in [-0.25, -0.2) is 0 Å². The van der Waals surface area contributed by atoms with Crippen LogP contribution in [0.15, 0.2) is 0 Å². The van der Waals surface area contributed by atoms with Crippen molar-refractivity contribution in [2.75, 3.05) is 18.8 Å². The van der Waals surface area contributed by atoms with Gasteiger partial charge in [0.2, 0.25) is 5.91 Å². The number of piperidine rings is 1. The molecule has 4 heteroatoms. The highest BCUT2D eigenvalue weighted by Gasteiger charge is 2.17. The molecule has 0 spiro atoms. The molecule has 2 N–H and O–H groups in total. The van der Waals surface area contributed by atoms with E-state index in [-0.39, 0.29) is 10.7 Å². The van der Waals surface area contributed by atoms with E-state index in [9.17, 15) is 4.79 Å². The van der Waals surface area contributed by atoms with Crippen LogP contribution >= 0.6 is 11.8 Å². The molecule has 0 aromatic rings. The van der Waals surface area contributed by atoms with Gasteiger partial charge in [-0.05, 0) is 19.4 Å². The second kappa shape index (κ2) is 5.75. The van der Waals surface area contributed by atoms with Crippen LogP contribution in [0.25, 0.3) is 0 Å². The Balaban J connectivity index is 2.17. The fourth-order valence-corrected chi connectivity index (χ4v) is 2.17. The maximum absolute atomic E-state index is 11.6. The van der Waals surface area contributed by atoms with Gasteiger partial charge in [-0.2, -0.15) is 0 Å². The van der Waals surface area contributed by atoms with Crippen LogP contribution in [0.5, 0.6) is 0 Å². The number of hydrogen-bond donors (Lipinski definition) is 2. The Morgan fingerprint density at radius 2 is 2.27 bits per heavy atom. The summed E-state index contributed by atoms with van der Waals surface area (Å²) in [5, 5.41) is 6.36. The molecule has 1 atom stereocenters. The molecule has 1 heterocycles. The molecular weight excluding hydrogens is 208 g/mol. The smallest absolute Gasteiger partial charge is 0.230 e. The van der Waals surface area contributed by atoms with Gasteiger partial charge in [0, 0.05) is 17.3 Å². The van der Waals surface area contributed by atoms with Gasteiger partial charge in [0.1, 0.15) is 0 Å². The van der Waals surface area contributed by atoms with E-state index in [0.29, 0.717) is 11.8 Å². The summed E-state index contributed by atoms with van der Waals surface area (Å²) in [7, 11) is 0. The lowest BCUT2D eigenvalue weighted by Crippen LogP contribution is -2.46. The van der Waals surface area contributed by atoms with E-state index in [1.54, 1.807) is 11.8 Å². The zero-order valence-corrected chi connectivity index (χ0v) is 10.7. The summed E-state index contributed by atoms with van der Waals surface area (Å²) in [6.45, 7) is 8.41. The maximum atomic E-state index is 11.6. The fourth-order valence-electron chi connectivity index (χ4n) is 1.53. The molecule has 15 heavy (non-hydrogen) atoms. The zero-order valence-electron chi connectivity index (χ0n) is 9.93. The van der Waals surface area contributed by atoms with Crippen molar-refractivity contribution in [2.24, 2.45) is 0 Å². The van der Waals surface area contributed by atoms with Crippen LogP contribution in [-0.4, -0.2) is 35.5 Å². The molecule has 1 rings (SSSR count). The molecule has 0 unspecified atom stereocenters. The van der Waals surface area contributed by atoms with E-state index in [0.717, 1.165) is 25.9 Å². The van der Waals surface area contributed by atoms with Gasteiger partial charge in [-0.3, -0.25) is 4.79 Å². The highest BCUT2D eigenvalue weighted by molar-refractivity contribution is 8.01. The summed E-state index contributed by atoms with van der Waals surface area (Å²) in [6.07, 6.45) is 2.27. The Morgan fingerprint density at radius 1 is 1.53 bits per heavy atom. The predicted octanol–water partition coefficient (Wildman–Crippen LogP) is 1.39. The average Bonchev–Trinajstić information content (AvgIpc) is 2.15. The molecule has 0 radical (unpaired) electrons. The van der Waals surface area contributed by atoms with Crippen LogP contribution in [0.3, 0.4) is 0 Å². The summed E-state index contributed by atoms with van der Waals surface area (Å²) in [5.74, 6) is 0.739. The van der Waals surface area contributed by atoms with Crippen molar-refractivity contribution in [3.63, 3.8) is 0 Å². The third kappa shape index (κ3) is 6.05. The lowest BCUT2D eigenvalue weighted by atomic mass is 10.1. The summed E-state index contributed by atoms with van der Waals surface area (Å²) in [4.78, 5) is 11.6. The number of amides is 1. The Morgan fingerprint density at radius 3 is 2.80 bits per heavy atom. The minimum absolute atomic E-state index is 0.169. The van der Waals surface area contributed by atoms with E-state index < -0.39 is 0 Å². The van der Waals surface area contributed by atoms with E-state index >= 15 is 0 Å². The topological polar surface area (TPSA) is 41.1 Å². The van der Waals surface area contributed by atoms with E-state index in [4.69, 9.17) is 0 Å². The van der Waals surface area contributed by atoms with Crippen LogP contribution < -0.4 is 10.6 Å². The summed E-state index contributed by atoms with van der Waals surface area (Å²) in [5.41, 5.74) is 0. The standard InChI is InChI=1S/C11H22N2OS/c1-11(2,3)15-8-10(14)13-9-5-4-6-12-7-9/h9,12H,4-8H2,1-3H3,(H,13,14)/t9-/m0/s1. The number of rotatable bonds is 3. The van der Waals surface area contributed by atoms with Crippen LogP contribution in [0.1, 0.15) is 33.6 Å². The van der Waals surface area contributed by atoms with Gasteiger partial charge in [0.05, 0.1) is 5.75 Å². The van der Waals surface area contributed by atoms with Crippen molar-refractivity contribution in [1.29, 1.82) is 0 Å². The summed E-state index contributed by atoms with van der Waals surface area (Å²) < 4.78 is 0.169. The molecule has 1 aliphatic heterocycles. The van der Waals surface area contributed by atoms with Crippen molar-refractivity contribution < 1.29 is 4.79 Å². The van der Waals surface area contributed by atoms with Gasteiger partial charge in [-0.1, -0.05) is 20.8 Å². The van der Waals surface area contributed by atoms with E-state index in [2.05, 4.69) is 31.4 Å². The lowest BCUT2D eigenvalue weighted by molar-refractivity contribution is -0.119. The first-order valence-corrected chi connectivity index (χ1v) is 6.60. The van der Waals surface area contributed by atoms with Gasteiger partial charge < -0.3 is 10.6 Å². The quantitative estimate of drug-likeness (QED) is 0.770. The third-order valence-corrected chi connectivity index (χ3v) is 3.57. The molecule has 1 aliphatic rings. The van der Waals surface area contributed by atoms with Crippen molar-refractivity contribution in [3.8, 4) is 0 Å². The molecule has 88 valence electrons. The van der Waals surface area contributed by atoms with E-state index in [1.807, 2.05) is 0 Å². The first-order valence-electron chi connectivity index (χ1n) is 5.61. The van der Waals surface area contributed by atoms with Gasteiger partial charge >= 0.3 is 0 Å². The molecule has 1 saturated heterocycles. The van der Waals surface area contributed by atoms with E-state index in [1.165, 1.54) is 0 Å². The highest BCUT2D eigenvalue weighted by Crippen LogP contribution is 2.22. The van der Waals surface area contributed by atoms with Crippen LogP contribution in [0, 0.1) is 0 Å². The number of carbonyl (C=O) groups is 1. The number of hydrogen-bond acceptors (Lipinski definition) is 3. The van der Waals surface area contributed by atoms with Crippen LogP contribution in [0.4, 0.5) is 0 Å². The number of carbonyl (C=O) groups excluding carboxylic acids is 1. The second-order valence-corrected chi connectivity index (χ2v) is 6.81. The molecule has 1 amide bonds. The zero-order chi connectivity index (χ0) is 11.3. The highest BCUT2D eigenvalue weighted by atomic mass is 32.2. The Hall–Kier alpha value is -0.220. The SMILES string of the molecule is CC(C)(C)SCC(=O)N[C@H]1CCCNC1. The van der Waals surface area contributed by atoms with Crippen molar-refractivity contribution in [3.05, 3.63) is 0 Å². The summed E-state index contributed by atoms with van der Waals surface area (Å²) in [6, 6.07) is 0.340. The normalized spacial score (nSPS) is 22.5. The molecule has 0 bridgehead atoms. The molecule has 0 aliphatic carbocycles.